The number of allylic oxidation sites excluding steroid dienone is 1. The zero-order chi connectivity index (χ0) is 7.28. The van der Waals surface area contributed by atoms with Crippen LogP contribution in [-0.2, 0) is 0 Å². The summed E-state index contributed by atoms with van der Waals surface area (Å²) in [6.07, 6.45) is 1.47. The van der Waals surface area contributed by atoms with Crippen LogP contribution in [0.5, 0.6) is 0 Å². The molecule has 0 radical (unpaired) electrons. The van der Waals surface area contributed by atoms with Crippen molar-refractivity contribution in [3.63, 3.8) is 0 Å². The van der Waals surface area contributed by atoms with Crippen LogP contribution in [0.1, 0.15) is 6.92 Å². The van der Waals surface area contributed by atoms with E-state index in [1.165, 1.54) is 13.1 Å². The van der Waals surface area contributed by atoms with Crippen LogP contribution in [0.3, 0.4) is 0 Å². The molecule has 0 rings (SSSR count). The van der Waals surface area contributed by atoms with E-state index < -0.39 is 0 Å². The summed E-state index contributed by atoms with van der Waals surface area (Å²) in [4.78, 5) is 9.52. The summed E-state index contributed by atoms with van der Waals surface area (Å²) in [5.41, 5.74) is 0.509. The molecule has 0 bridgehead atoms. The molecule has 4 nitrogen and oxygen atoms in total. The second kappa shape index (κ2) is 4.03. The van der Waals surface area contributed by atoms with Crippen molar-refractivity contribution in [1.29, 1.82) is 0 Å². The Morgan fingerprint density at radius 1 is 1.89 bits per heavy atom. The zero-order valence-corrected chi connectivity index (χ0v) is 5.50. The predicted molar refractivity (Wildman–Crippen MR) is 35.5 cm³/mol. The average Bonchev–Trinajstić information content (AvgIpc) is 1.82. The first-order valence-corrected chi connectivity index (χ1v) is 2.55. The third-order valence-corrected chi connectivity index (χ3v) is 0.958. The fourth-order valence-corrected chi connectivity index (χ4v) is 0.298. The molecule has 0 atom stereocenters. The smallest absolute Gasteiger partial charge is 0.101 e. The van der Waals surface area contributed by atoms with Gasteiger partial charge >= 0.3 is 0 Å². The van der Waals surface area contributed by atoms with Gasteiger partial charge in [0.2, 0.25) is 0 Å². The van der Waals surface area contributed by atoms with Crippen molar-refractivity contribution >= 4 is 0 Å². The molecule has 0 N–H and O–H groups in total. The first-order valence-electron chi connectivity index (χ1n) is 2.55. The van der Waals surface area contributed by atoms with E-state index in [1.54, 1.807) is 6.92 Å². The van der Waals surface area contributed by atoms with Gasteiger partial charge in [0.1, 0.15) is 6.54 Å². The Kier molecular flexibility index (Phi) is 3.62. The van der Waals surface area contributed by atoms with Gasteiger partial charge in [-0.05, 0) is 25.7 Å². The fourth-order valence-electron chi connectivity index (χ4n) is 0.298. The van der Waals surface area contributed by atoms with E-state index >= 15 is 0 Å². The standard InChI is InChI=1S/C5H9N2O2/c1-5(7(2)9)3-4-6-8/h3H,4H2,1-2H3/q-1/b5-3+. The van der Waals surface area contributed by atoms with E-state index in [9.17, 15) is 10.1 Å². The van der Waals surface area contributed by atoms with E-state index in [0.717, 1.165) is 0 Å². The van der Waals surface area contributed by atoms with Gasteiger partial charge in [0, 0.05) is 0 Å². The number of nitroso groups, excluding NO2 is 1. The molecule has 0 aromatic rings. The monoisotopic (exact) mass is 129 g/mol. The molecule has 9 heavy (non-hydrogen) atoms. The highest BCUT2D eigenvalue weighted by Gasteiger charge is 1.82. The van der Waals surface area contributed by atoms with Crippen molar-refractivity contribution in [2.24, 2.45) is 5.18 Å². The molecule has 0 aromatic carbocycles. The van der Waals surface area contributed by atoms with Gasteiger partial charge in [0.25, 0.3) is 0 Å². The molecule has 0 saturated carbocycles. The number of rotatable bonds is 3. The molecule has 4 heteroatoms. The Balaban J connectivity index is 3.68. The van der Waals surface area contributed by atoms with Crippen molar-refractivity contribution in [3.05, 3.63) is 21.9 Å². The summed E-state index contributed by atoms with van der Waals surface area (Å²) in [5, 5.41) is 13.6. The summed E-state index contributed by atoms with van der Waals surface area (Å²) in [7, 11) is 1.37. The van der Waals surface area contributed by atoms with Crippen LogP contribution in [-0.4, -0.2) is 18.7 Å². The number of nitrogens with zero attached hydrogens (tertiary/aromatic N) is 2. The lowest BCUT2D eigenvalue weighted by Gasteiger charge is -2.24. The maximum Gasteiger partial charge on any atom is 0.101 e. The van der Waals surface area contributed by atoms with E-state index in [1.807, 2.05) is 0 Å². The largest absolute Gasteiger partial charge is 0.759 e. The lowest BCUT2D eigenvalue weighted by molar-refractivity contribution is 0.571. The first kappa shape index (κ1) is 8.10. The molecule has 0 aliphatic rings. The van der Waals surface area contributed by atoms with Crippen LogP contribution < -0.4 is 0 Å². The van der Waals surface area contributed by atoms with Gasteiger partial charge in [0.15, 0.2) is 0 Å². The molecular weight excluding hydrogens is 120 g/mol. The second-order valence-corrected chi connectivity index (χ2v) is 1.65. The minimum absolute atomic E-state index is 0.0679. The van der Waals surface area contributed by atoms with Crippen molar-refractivity contribution in [1.82, 2.24) is 5.06 Å². The van der Waals surface area contributed by atoms with Crippen molar-refractivity contribution < 1.29 is 0 Å². The Hall–Kier alpha value is -0.900. The average molecular weight is 129 g/mol. The number of hydrogen-bond acceptors (Lipinski definition) is 4. The molecule has 0 aliphatic carbocycles. The lowest BCUT2D eigenvalue weighted by atomic mass is 10.4. The zero-order valence-electron chi connectivity index (χ0n) is 5.50. The normalized spacial score (nSPS) is 11.2. The van der Waals surface area contributed by atoms with Gasteiger partial charge in [-0.15, -0.1) is 0 Å². The van der Waals surface area contributed by atoms with Gasteiger partial charge in [-0.2, -0.15) is 4.91 Å². The summed E-state index contributed by atoms with van der Waals surface area (Å²) < 4.78 is 0. The SMILES string of the molecule is C/C(=C\CN=O)N(C)[O-]. The Bertz CT molecular complexity index is 120. The van der Waals surface area contributed by atoms with Gasteiger partial charge < -0.3 is 10.3 Å². The Morgan fingerprint density at radius 3 is 2.78 bits per heavy atom. The van der Waals surface area contributed by atoms with Crippen LogP contribution in [0.25, 0.3) is 0 Å². The molecule has 0 saturated heterocycles. The molecule has 0 heterocycles. The van der Waals surface area contributed by atoms with Crippen molar-refractivity contribution in [3.8, 4) is 0 Å². The molecular formula is C5H9N2O2-. The van der Waals surface area contributed by atoms with Crippen LogP contribution in [0.4, 0.5) is 0 Å². The maximum absolute atomic E-state index is 10.4. The van der Waals surface area contributed by atoms with E-state index in [-0.39, 0.29) is 6.54 Å². The topological polar surface area (TPSA) is 55.7 Å². The predicted octanol–water partition coefficient (Wildman–Crippen LogP) is 1.09. The minimum Gasteiger partial charge on any atom is -0.759 e. The van der Waals surface area contributed by atoms with Crippen LogP contribution >= 0.6 is 0 Å². The Labute approximate surface area is 53.7 Å². The van der Waals surface area contributed by atoms with Crippen LogP contribution in [0.15, 0.2) is 16.9 Å². The summed E-state index contributed by atoms with van der Waals surface area (Å²) >= 11 is 0. The number of hydrogen-bond donors (Lipinski definition) is 0. The van der Waals surface area contributed by atoms with Crippen molar-refractivity contribution in [2.45, 2.75) is 6.92 Å². The highest BCUT2D eigenvalue weighted by molar-refractivity contribution is 4.97. The van der Waals surface area contributed by atoms with E-state index in [4.69, 9.17) is 0 Å². The molecule has 0 fully saturated rings. The van der Waals surface area contributed by atoms with Crippen LogP contribution in [0.2, 0.25) is 0 Å². The third-order valence-electron chi connectivity index (χ3n) is 0.958. The summed E-state index contributed by atoms with van der Waals surface area (Å²) in [6, 6.07) is 0. The third kappa shape index (κ3) is 3.66. The van der Waals surface area contributed by atoms with Gasteiger partial charge in [-0.3, -0.25) is 0 Å². The lowest BCUT2D eigenvalue weighted by Crippen LogP contribution is -2.05. The van der Waals surface area contributed by atoms with Crippen molar-refractivity contribution in [2.75, 3.05) is 13.6 Å². The Morgan fingerprint density at radius 2 is 2.44 bits per heavy atom. The van der Waals surface area contributed by atoms with E-state index in [2.05, 4.69) is 5.18 Å². The molecule has 52 valence electrons. The molecule has 0 aromatic heterocycles. The van der Waals surface area contributed by atoms with E-state index in [0.29, 0.717) is 10.8 Å². The van der Waals surface area contributed by atoms with Gasteiger partial charge in [0.05, 0.1) is 0 Å². The number of hydroxylamine groups is 2. The minimum atomic E-state index is 0.0679. The maximum atomic E-state index is 10.4. The van der Waals surface area contributed by atoms with Gasteiger partial charge in [-0.25, -0.2) is 0 Å². The van der Waals surface area contributed by atoms with Crippen LogP contribution in [0, 0.1) is 10.1 Å². The summed E-state index contributed by atoms with van der Waals surface area (Å²) in [5.74, 6) is 0. The molecule has 0 unspecified atom stereocenters. The molecule has 0 aliphatic heterocycles. The fraction of sp³-hybridized carbons (Fsp3) is 0.600. The quantitative estimate of drug-likeness (QED) is 0.423. The highest BCUT2D eigenvalue weighted by Crippen LogP contribution is 1.95. The highest BCUT2D eigenvalue weighted by atomic mass is 16.5. The molecule has 0 spiro atoms. The second-order valence-electron chi connectivity index (χ2n) is 1.65. The van der Waals surface area contributed by atoms with Gasteiger partial charge in [-0.1, -0.05) is 5.18 Å². The molecule has 0 amide bonds. The summed E-state index contributed by atoms with van der Waals surface area (Å²) in [6.45, 7) is 1.69. The first-order chi connectivity index (χ1) is 4.18.